The van der Waals surface area contributed by atoms with Crippen molar-refractivity contribution in [1.29, 1.82) is 0 Å². The van der Waals surface area contributed by atoms with Crippen LogP contribution < -0.4 is 0 Å². The molecule has 1 aliphatic heterocycles. The number of rotatable bonds is 4. The molecule has 7 heteroatoms. The number of aromatic nitrogens is 1. The first-order valence-electron chi connectivity index (χ1n) is 11.2. The zero-order valence-electron chi connectivity index (χ0n) is 17.3. The Balaban J connectivity index is 1.42. The van der Waals surface area contributed by atoms with Crippen LogP contribution in [-0.2, 0) is 14.9 Å². The Hall–Kier alpha value is -2.51. The van der Waals surface area contributed by atoms with Gasteiger partial charge < -0.3 is 14.6 Å². The van der Waals surface area contributed by atoms with E-state index in [1.165, 1.54) is 25.3 Å². The van der Waals surface area contributed by atoms with Crippen molar-refractivity contribution in [3.63, 3.8) is 0 Å². The number of nitro groups is 1. The van der Waals surface area contributed by atoms with E-state index in [2.05, 4.69) is 4.98 Å². The molecule has 2 aromatic rings. The summed E-state index contributed by atoms with van der Waals surface area (Å²) in [6.45, 7) is 1.12. The predicted molar refractivity (Wildman–Crippen MR) is 112 cm³/mol. The van der Waals surface area contributed by atoms with Gasteiger partial charge in [-0.25, -0.2) is 0 Å². The molecule has 0 amide bonds. The normalized spacial score (nSPS) is 31.9. The highest BCUT2D eigenvalue weighted by atomic mass is 16.7. The van der Waals surface area contributed by atoms with E-state index >= 15 is 0 Å². The molecular formula is C24H26N2O5. The summed E-state index contributed by atoms with van der Waals surface area (Å²) in [6, 6.07) is 7.14. The number of benzene rings is 1. The second-order valence-electron chi connectivity index (χ2n) is 9.90. The Morgan fingerprint density at radius 3 is 2.23 bits per heavy atom. The molecule has 1 aromatic heterocycles. The SMILES string of the molecule is O=[N+]([O-])c1cc(-c2ccc(C3OCCO3)cn2)cc(C23CC4CC(CC(C4)C2)C3)c1O. The van der Waals surface area contributed by atoms with Crippen molar-refractivity contribution in [3.05, 3.63) is 51.7 Å². The number of nitrogens with zero attached hydrogens (tertiary/aromatic N) is 2. The summed E-state index contributed by atoms with van der Waals surface area (Å²) in [6.07, 6.45) is 8.19. The van der Waals surface area contributed by atoms with Gasteiger partial charge in [0.25, 0.3) is 0 Å². The van der Waals surface area contributed by atoms with E-state index in [1.807, 2.05) is 18.2 Å². The third-order valence-electron chi connectivity index (χ3n) is 7.87. The third-order valence-corrected chi connectivity index (χ3v) is 7.87. The number of hydrogen-bond acceptors (Lipinski definition) is 6. The second-order valence-corrected chi connectivity index (χ2v) is 9.90. The molecule has 4 bridgehead atoms. The maximum atomic E-state index is 11.8. The van der Waals surface area contributed by atoms with Crippen LogP contribution in [0.4, 0.5) is 5.69 Å². The number of aromatic hydroxyl groups is 1. The van der Waals surface area contributed by atoms with Gasteiger partial charge in [0.05, 0.1) is 23.8 Å². The number of nitro benzene ring substituents is 1. The highest BCUT2D eigenvalue weighted by Gasteiger charge is 2.53. The Morgan fingerprint density at radius 1 is 1.03 bits per heavy atom. The maximum Gasteiger partial charge on any atom is 0.311 e. The van der Waals surface area contributed by atoms with E-state index < -0.39 is 11.2 Å². The number of hydrogen-bond donors (Lipinski definition) is 1. The fourth-order valence-electron chi connectivity index (χ4n) is 7.02. The van der Waals surface area contributed by atoms with Gasteiger partial charge in [-0.1, -0.05) is 6.07 Å². The van der Waals surface area contributed by atoms with Crippen LogP contribution in [-0.4, -0.2) is 28.2 Å². The van der Waals surface area contributed by atoms with Crippen LogP contribution in [0.3, 0.4) is 0 Å². The summed E-state index contributed by atoms with van der Waals surface area (Å²) in [5.41, 5.74) is 2.54. The van der Waals surface area contributed by atoms with Gasteiger partial charge in [0.1, 0.15) is 0 Å². The molecule has 0 atom stereocenters. The number of phenols is 1. The molecule has 1 saturated heterocycles. The lowest BCUT2D eigenvalue weighted by Gasteiger charge is -2.57. The first-order chi connectivity index (χ1) is 15.0. The Morgan fingerprint density at radius 2 is 1.68 bits per heavy atom. The molecule has 4 saturated carbocycles. The van der Waals surface area contributed by atoms with Crippen LogP contribution in [0.25, 0.3) is 11.3 Å². The van der Waals surface area contributed by atoms with Crippen LogP contribution >= 0.6 is 0 Å². The molecular weight excluding hydrogens is 396 g/mol. The average molecular weight is 422 g/mol. The molecule has 0 unspecified atom stereocenters. The van der Waals surface area contributed by atoms with Crippen LogP contribution in [0.15, 0.2) is 30.5 Å². The van der Waals surface area contributed by atoms with Gasteiger partial charge in [-0.05, 0) is 68.4 Å². The zero-order chi connectivity index (χ0) is 21.2. The molecule has 5 aliphatic rings. The summed E-state index contributed by atoms with van der Waals surface area (Å²) in [4.78, 5) is 15.9. The molecule has 4 aliphatic carbocycles. The zero-order valence-corrected chi connectivity index (χ0v) is 17.3. The van der Waals surface area contributed by atoms with Crippen LogP contribution in [0.5, 0.6) is 5.75 Å². The topological polar surface area (TPSA) is 94.7 Å². The lowest BCUT2D eigenvalue weighted by Crippen LogP contribution is -2.48. The molecule has 0 radical (unpaired) electrons. The summed E-state index contributed by atoms with van der Waals surface area (Å²) >= 11 is 0. The highest BCUT2D eigenvalue weighted by molar-refractivity contribution is 5.69. The number of ether oxygens (including phenoxy) is 2. The summed E-state index contributed by atoms with van der Waals surface area (Å²) < 4.78 is 11.0. The Bertz CT molecular complexity index is 994. The van der Waals surface area contributed by atoms with Gasteiger partial charge in [0.15, 0.2) is 12.0 Å². The average Bonchev–Trinajstić information content (AvgIpc) is 3.28. The smallest absolute Gasteiger partial charge is 0.311 e. The van der Waals surface area contributed by atoms with Crippen LogP contribution in [0.2, 0.25) is 0 Å². The number of phenolic OH excluding ortho intramolecular Hbond substituents is 1. The van der Waals surface area contributed by atoms with Gasteiger partial charge >= 0.3 is 5.69 Å². The van der Waals surface area contributed by atoms with Gasteiger partial charge in [-0.15, -0.1) is 0 Å². The molecule has 1 aromatic carbocycles. The quantitative estimate of drug-likeness (QED) is 0.558. The number of pyridine rings is 1. The standard InChI is InChI=1S/C24H26N2O5/c27-22-19(24-10-14-5-15(11-24)7-16(6-14)12-24)8-18(9-21(22)26(28)29)20-2-1-17(13-25-20)23-30-3-4-31-23/h1-2,8-9,13-16,23,27H,3-7,10-12H2. The fourth-order valence-corrected chi connectivity index (χ4v) is 7.02. The fraction of sp³-hybridized carbons (Fsp3) is 0.542. The van der Waals surface area contributed by atoms with Crippen molar-refractivity contribution in [2.75, 3.05) is 13.2 Å². The van der Waals surface area contributed by atoms with Gasteiger partial charge in [0, 0.05) is 34.4 Å². The first kappa shape index (κ1) is 19.2. The van der Waals surface area contributed by atoms with E-state index in [-0.39, 0.29) is 16.9 Å². The van der Waals surface area contributed by atoms with Crippen LogP contribution in [0, 0.1) is 27.9 Å². The maximum absolute atomic E-state index is 11.8. The predicted octanol–water partition coefficient (Wildman–Crippen LogP) is 4.88. The van der Waals surface area contributed by atoms with Crippen molar-refractivity contribution in [3.8, 4) is 17.0 Å². The summed E-state index contributed by atoms with van der Waals surface area (Å²) in [5, 5.41) is 22.8. The molecule has 7 nitrogen and oxygen atoms in total. The lowest BCUT2D eigenvalue weighted by atomic mass is 9.48. The molecule has 2 heterocycles. The van der Waals surface area contributed by atoms with E-state index in [1.54, 1.807) is 6.20 Å². The van der Waals surface area contributed by atoms with Gasteiger partial charge in [0.2, 0.25) is 0 Å². The first-order valence-corrected chi connectivity index (χ1v) is 11.2. The minimum atomic E-state index is -0.475. The minimum absolute atomic E-state index is 0.148. The molecule has 31 heavy (non-hydrogen) atoms. The molecule has 7 rings (SSSR count). The van der Waals surface area contributed by atoms with E-state index in [4.69, 9.17) is 9.47 Å². The summed E-state index contributed by atoms with van der Waals surface area (Å²) in [7, 11) is 0. The van der Waals surface area contributed by atoms with Crippen molar-refractivity contribution in [1.82, 2.24) is 4.98 Å². The minimum Gasteiger partial charge on any atom is -0.502 e. The largest absolute Gasteiger partial charge is 0.502 e. The molecule has 1 N–H and O–H groups in total. The van der Waals surface area contributed by atoms with Gasteiger partial charge in [-0.2, -0.15) is 0 Å². The van der Waals surface area contributed by atoms with E-state index in [0.717, 1.165) is 30.4 Å². The van der Waals surface area contributed by atoms with Crippen molar-refractivity contribution < 1.29 is 19.5 Å². The molecule has 0 spiro atoms. The van der Waals surface area contributed by atoms with Crippen molar-refractivity contribution >= 4 is 5.69 Å². The lowest BCUT2D eigenvalue weighted by molar-refractivity contribution is -0.385. The van der Waals surface area contributed by atoms with Crippen molar-refractivity contribution in [2.24, 2.45) is 17.8 Å². The monoisotopic (exact) mass is 422 g/mol. The Kier molecular flexibility index (Phi) is 4.34. The molecule has 5 fully saturated rings. The Labute approximate surface area is 180 Å². The van der Waals surface area contributed by atoms with Gasteiger partial charge in [-0.3, -0.25) is 15.1 Å². The van der Waals surface area contributed by atoms with Crippen molar-refractivity contribution in [2.45, 2.75) is 50.2 Å². The van der Waals surface area contributed by atoms with E-state index in [9.17, 15) is 15.2 Å². The molecule has 162 valence electrons. The van der Waals surface area contributed by atoms with Crippen LogP contribution in [0.1, 0.15) is 55.9 Å². The van der Waals surface area contributed by atoms with E-state index in [0.29, 0.717) is 42.2 Å². The summed E-state index contributed by atoms with van der Waals surface area (Å²) in [5.74, 6) is 1.88. The highest BCUT2D eigenvalue weighted by Crippen LogP contribution is 2.62. The third kappa shape index (κ3) is 3.13. The second kappa shape index (κ2) is 7.00.